The Balaban J connectivity index is 2.71. The van der Waals surface area contributed by atoms with Gasteiger partial charge in [-0.05, 0) is 31.4 Å². The second-order valence-corrected chi connectivity index (χ2v) is 4.44. The van der Waals surface area contributed by atoms with Gasteiger partial charge in [-0.25, -0.2) is 4.98 Å². The molecule has 0 spiro atoms. The van der Waals surface area contributed by atoms with Gasteiger partial charge in [-0.1, -0.05) is 32.6 Å². The number of rotatable bonds is 6. The van der Waals surface area contributed by atoms with Gasteiger partial charge >= 0.3 is 0 Å². The van der Waals surface area contributed by atoms with Gasteiger partial charge in [0, 0.05) is 31.3 Å². The van der Waals surface area contributed by atoms with E-state index in [0.29, 0.717) is 0 Å². The minimum absolute atomic E-state index is 0.958. The number of pyridine rings is 1. The molecule has 0 amide bonds. The van der Waals surface area contributed by atoms with Gasteiger partial charge in [0.05, 0.1) is 0 Å². The molecule has 0 atom stereocenters. The van der Waals surface area contributed by atoms with Gasteiger partial charge in [0.1, 0.15) is 5.82 Å². The maximum absolute atomic E-state index is 4.52. The number of anilines is 1. The average molecular weight is 244 g/mol. The summed E-state index contributed by atoms with van der Waals surface area (Å²) in [4.78, 5) is 6.85. The van der Waals surface area contributed by atoms with Gasteiger partial charge in [-0.2, -0.15) is 0 Å². The molecule has 0 aliphatic carbocycles. The lowest BCUT2D eigenvalue weighted by molar-refractivity contribution is 0.734. The fraction of sp³-hybridized carbons (Fsp3) is 0.562. The predicted octanol–water partition coefficient (Wildman–Crippen LogP) is 3.86. The van der Waals surface area contributed by atoms with Crippen molar-refractivity contribution in [1.82, 2.24) is 4.98 Å². The lowest BCUT2D eigenvalue weighted by Gasteiger charge is -2.22. The molecule has 1 rings (SSSR count). The Kier molecular flexibility index (Phi) is 6.94. The van der Waals surface area contributed by atoms with Crippen molar-refractivity contribution < 1.29 is 0 Å². The molecule has 98 valence electrons. The Labute approximate surface area is 111 Å². The first-order valence-electron chi connectivity index (χ1n) is 7.01. The van der Waals surface area contributed by atoms with Crippen molar-refractivity contribution in [1.29, 1.82) is 0 Å². The van der Waals surface area contributed by atoms with E-state index in [1.807, 2.05) is 6.20 Å². The minimum atomic E-state index is 0.958. The monoisotopic (exact) mass is 244 g/mol. The molecule has 2 heteroatoms. The van der Waals surface area contributed by atoms with E-state index in [2.05, 4.69) is 54.6 Å². The number of hydrogen-bond acceptors (Lipinski definition) is 2. The van der Waals surface area contributed by atoms with E-state index in [4.69, 9.17) is 0 Å². The summed E-state index contributed by atoms with van der Waals surface area (Å²) in [5.74, 6) is 7.36. The lowest BCUT2D eigenvalue weighted by atomic mass is 10.2. The molecule has 0 aliphatic heterocycles. The highest BCUT2D eigenvalue weighted by Crippen LogP contribution is 2.12. The summed E-state index contributed by atoms with van der Waals surface area (Å²) in [5, 5.41) is 0. The van der Waals surface area contributed by atoms with Gasteiger partial charge in [-0.15, -0.1) is 0 Å². The summed E-state index contributed by atoms with van der Waals surface area (Å²) in [6.45, 7) is 8.69. The fourth-order valence-electron chi connectivity index (χ4n) is 1.82. The SMILES string of the molecule is CCCC#Cc1ccc(N(CCC)CCC)nc1. The van der Waals surface area contributed by atoms with E-state index >= 15 is 0 Å². The van der Waals surface area contributed by atoms with E-state index in [1.54, 1.807) is 0 Å². The molecule has 0 aliphatic rings. The van der Waals surface area contributed by atoms with Crippen LogP contribution in [0.3, 0.4) is 0 Å². The third kappa shape index (κ3) is 4.79. The molecule has 0 radical (unpaired) electrons. The lowest BCUT2D eigenvalue weighted by Crippen LogP contribution is -2.25. The second-order valence-electron chi connectivity index (χ2n) is 4.44. The van der Waals surface area contributed by atoms with Gasteiger partial charge in [0.2, 0.25) is 0 Å². The molecular formula is C16H24N2. The standard InChI is InChI=1S/C16H24N2/c1-4-7-8-9-15-10-11-16(17-14-15)18(12-5-2)13-6-3/h10-11,14H,4-7,12-13H2,1-3H3. The van der Waals surface area contributed by atoms with Gasteiger partial charge < -0.3 is 4.90 Å². The van der Waals surface area contributed by atoms with Crippen LogP contribution in [-0.4, -0.2) is 18.1 Å². The summed E-state index contributed by atoms with van der Waals surface area (Å²) in [7, 11) is 0. The smallest absolute Gasteiger partial charge is 0.128 e. The van der Waals surface area contributed by atoms with Crippen LogP contribution in [0.1, 0.15) is 52.0 Å². The first-order chi connectivity index (χ1) is 8.81. The molecular weight excluding hydrogens is 220 g/mol. The number of unbranched alkanes of at least 4 members (excludes halogenated alkanes) is 1. The Morgan fingerprint density at radius 3 is 2.28 bits per heavy atom. The topological polar surface area (TPSA) is 16.1 Å². The van der Waals surface area contributed by atoms with Crippen LogP contribution in [0.2, 0.25) is 0 Å². The molecule has 0 saturated heterocycles. The first-order valence-corrected chi connectivity index (χ1v) is 7.01. The highest BCUT2D eigenvalue weighted by molar-refractivity contribution is 5.43. The third-order valence-corrected chi connectivity index (χ3v) is 2.67. The normalized spacial score (nSPS) is 9.72. The van der Waals surface area contributed by atoms with Crippen molar-refractivity contribution in [3.8, 4) is 11.8 Å². The maximum atomic E-state index is 4.52. The van der Waals surface area contributed by atoms with Crippen LogP contribution in [0.4, 0.5) is 5.82 Å². The van der Waals surface area contributed by atoms with E-state index in [1.165, 1.54) is 0 Å². The number of aromatic nitrogens is 1. The molecule has 0 bridgehead atoms. The third-order valence-electron chi connectivity index (χ3n) is 2.67. The van der Waals surface area contributed by atoms with E-state index < -0.39 is 0 Å². The van der Waals surface area contributed by atoms with Gasteiger partial charge in [0.25, 0.3) is 0 Å². The zero-order chi connectivity index (χ0) is 13.2. The first kappa shape index (κ1) is 14.6. The molecule has 0 aromatic carbocycles. The largest absolute Gasteiger partial charge is 0.357 e. The molecule has 2 nitrogen and oxygen atoms in total. The molecule has 0 saturated carbocycles. The molecule has 1 aromatic heterocycles. The highest BCUT2D eigenvalue weighted by Gasteiger charge is 2.04. The number of nitrogens with zero attached hydrogens (tertiary/aromatic N) is 2. The minimum Gasteiger partial charge on any atom is -0.357 e. The van der Waals surface area contributed by atoms with Crippen molar-refractivity contribution in [3.63, 3.8) is 0 Å². The second kappa shape index (κ2) is 8.58. The fourth-order valence-corrected chi connectivity index (χ4v) is 1.82. The van der Waals surface area contributed by atoms with Crippen molar-refractivity contribution in [2.24, 2.45) is 0 Å². The van der Waals surface area contributed by atoms with Crippen molar-refractivity contribution in [2.45, 2.75) is 46.5 Å². The summed E-state index contributed by atoms with van der Waals surface area (Å²) in [5.41, 5.74) is 1.01. The van der Waals surface area contributed by atoms with Crippen molar-refractivity contribution in [3.05, 3.63) is 23.9 Å². The Bertz CT molecular complexity index is 378. The van der Waals surface area contributed by atoms with Crippen molar-refractivity contribution >= 4 is 5.82 Å². The zero-order valence-corrected chi connectivity index (χ0v) is 11.9. The van der Waals surface area contributed by atoms with E-state index in [9.17, 15) is 0 Å². The van der Waals surface area contributed by atoms with Crippen LogP contribution < -0.4 is 4.90 Å². The Morgan fingerprint density at radius 2 is 1.78 bits per heavy atom. The van der Waals surface area contributed by atoms with Crippen LogP contribution in [-0.2, 0) is 0 Å². The summed E-state index contributed by atoms with van der Waals surface area (Å²) in [6.07, 6.45) is 6.26. The molecule has 0 unspecified atom stereocenters. The molecule has 0 fully saturated rings. The summed E-state index contributed by atoms with van der Waals surface area (Å²) < 4.78 is 0. The van der Waals surface area contributed by atoms with Gasteiger partial charge in [0.15, 0.2) is 0 Å². The highest BCUT2D eigenvalue weighted by atomic mass is 15.2. The van der Waals surface area contributed by atoms with Crippen LogP contribution in [0, 0.1) is 11.8 Å². The van der Waals surface area contributed by atoms with Crippen LogP contribution in [0.15, 0.2) is 18.3 Å². The maximum Gasteiger partial charge on any atom is 0.128 e. The van der Waals surface area contributed by atoms with Crippen LogP contribution in [0.5, 0.6) is 0 Å². The van der Waals surface area contributed by atoms with Crippen LogP contribution >= 0.6 is 0 Å². The Morgan fingerprint density at radius 1 is 1.06 bits per heavy atom. The van der Waals surface area contributed by atoms with E-state index in [0.717, 1.165) is 50.2 Å². The predicted molar refractivity (Wildman–Crippen MR) is 78.8 cm³/mol. The zero-order valence-electron chi connectivity index (χ0n) is 11.9. The molecule has 1 heterocycles. The number of hydrogen-bond donors (Lipinski definition) is 0. The van der Waals surface area contributed by atoms with Crippen LogP contribution in [0.25, 0.3) is 0 Å². The van der Waals surface area contributed by atoms with E-state index in [-0.39, 0.29) is 0 Å². The summed E-state index contributed by atoms with van der Waals surface area (Å²) >= 11 is 0. The molecule has 18 heavy (non-hydrogen) atoms. The average Bonchev–Trinajstić information content (AvgIpc) is 2.40. The summed E-state index contributed by atoms with van der Waals surface area (Å²) in [6, 6.07) is 4.16. The van der Waals surface area contributed by atoms with Crippen molar-refractivity contribution in [2.75, 3.05) is 18.0 Å². The molecule has 0 N–H and O–H groups in total. The quantitative estimate of drug-likeness (QED) is 0.706. The Hall–Kier alpha value is -1.49. The van der Waals surface area contributed by atoms with Gasteiger partial charge in [-0.3, -0.25) is 0 Å². The molecule has 1 aromatic rings.